The fourth-order valence-corrected chi connectivity index (χ4v) is 5.35. The van der Waals surface area contributed by atoms with Gasteiger partial charge in [0.25, 0.3) is 0 Å². The molecule has 2 fully saturated rings. The van der Waals surface area contributed by atoms with Crippen LogP contribution in [0.15, 0.2) is 18.6 Å². The standard InChI is InChI=1S/C23H30N8/c1-15-6-3-4-9-30(15)22-20(16-7-5-8-26-11-16)19(17-12-27-29(2)13-17)14-31-21(22)18(10-24)23(25)28-31/h12-16,26H,3-9,11H2,1-2H3,(H2,25,28). The number of hydrogen-bond donors (Lipinski definition) is 2. The van der Waals surface area contributed by atoms with Gasteiger partial charge in [-0.3, -0.25) is 4.68 Å². The van der Waals surface area contributed by atoms with Crippen LogP contribution in [-0.2, 0) is 7.05 Å². The molecular formula is C23H30N8. The molecule has 2 aliphatic rings. The molecule has 0 amide bonds. The topological polar surface area (TPSA) is 100 Å². The van der Waals surface area contributed by atoms with E-state index in [1.165, 1.54) is 12.0 Å². The summed E-state index contributed by atoms with van der Waals surface area (Å²) in [6.45, 7) is 5.27. The van der Waals surface area contributed by atoms with Crippen molar-refractivity contribution in [1.29, 1.82) is 5.26 Å². The number of anilines is 2. The van der Waals surface area contributed by atoms with Crippen molar-refractivity contribution in [3.05, 3.63) is 29.7 Å². The third-order valence-electron chi connectivity index (χ3n) is 6.88. The average Bonchev–Trinajstić information content (AvgIpc) is 3.35. The lowest BCUT2D eigenvalue weighted by Gasteiger charge is -2.39. The molecule has 8 heteroatoms. The van der Waals surface area contributed by atoms with Gasteiger partial charge in [-0.2, -0.15) is 10.4 Å². The van der Waals surface area contributed by atoms with Crippen molar-refractivity contribution in [3.63, 3.8) is 0 Å². The van der Waals surface area contributed by atoms with Crippen LogP contribution in [0.5, 0.6) is 0 Å². The van der Waals surface area contributed by atoms with Gasteiger partial charge in [0.05, 0.1) is 11.9 Å². The molecule has 162 valence electrons. The lowest BCUT2D eigenvalue weighted by atomic mass is 9.84. The molecule has 3 aromatic heterocycles. The van der Waals surface area contributed by atoms with Crippen molar-refractivity contribution in [2.75, 3.05) is 30.3 Å². The van der Waals surface area contributed by atoms with Crippen LogP contribution >= 0.6 is 0 Å². The minimum absolute atomic E-state index is 0.296. The second kappa shape index (κ2) is 7.89. The van der Waals surface area contributed by atoms with Crippen molar-refractivity contribution in [1.82, 2.24) is 24.7 Å². The molecule has 0 radical (unpaired) electrons. The Labute approximate surface area is 182 Å². The Kier molecular flexibility index (Phi) is 5.06. The van der Waals surface area contributed by atoms with E-state index in [4.69, 9.17) is 5.73 Å². The van der Waals surface area contributed by atoms with Crippen LogP contribution in [0.1, 0.15) is 56.1 Å². The number of nitriles is 1. The maximum Gasteiger partial charge on any atom is 0.164 e. The van der Waals surface area contributed by atoms with E-state index in [-0.39, 0.29) is 0 Å². The number of pyridine rings is 1. The van der Waals surface area contributed by atoms with Gasteiger partial charge < -0.3 is 16.0 Å². The highest BCUT2D eigenvalue weighted by Crippen LogP contribution is 2.45. The van der Waals surface area contributed by atoms with Crippen LogP contribution in [0.4, 0.5) is 11.5 Å². The zero-order valence-corrected chi connectivity index (χ0v) is 18.3. The Morgan fingerprint density at radius 1 is 1.23 bits per heavy atom. The van der Waals surface area contributed by atoms with Gasteiger partial charge in [-0.1, -0.05) is 0 Å². The first-order valence-electron chi connectivity index (χ1n) is 11.3. The highest BCUT2D eigenvalue weighted by Gasteiger charge is 2.32. The van der Waals surface area contributed by atoms with Crippen molar-refractivity contribution >= 4 is 17.0 Å². The minimum Gasteiger partial charge on any atom is -0.381 e. The summed E-state index contributed by atoms with van der Waals surface area (Å²) in [5.41, 5.74) is 12.2. The van der Waals surface area contributed by atoms with Gasteiger partial charge in [0, 0.05) is 49.7 Å². The van der Waals surface area contributed by atoms with Gasteiger partial charge in [0.1, 0.15) is 17.1 Å². The molecular weight excluding hydrogens is 388 g/mol. The summed E-state index contributed by atoms with van der Waals surface area (Å²) >= 11 is 0. The van der Waals surface area contributed by atoms with Crippen molar-refractivity contribution in [2.24, 2.45) is 7.05 Å². The smallest absolute Gasteiger partial charge is 0.164 e. The van der Waals surface area contributed by atoms with E-state index in [9.17, 15) is 5.26 Å². The second-order valence-electron chi connectivity index (χ2n) is 8.95. The number of piperidine rings is 2. The number of nitrogens with one attached hydrogen (secondary N) is 1. The molecule has 2 atom stereocenters. The van der Waals surface area contributed by atoms with Gasteiger partial charge in [0.15, 0.2) is 5.82 Å². The number of fused-ring (bicyclic) bond motifs is 1. The van der Waals surface area contributed by atoms with Gasteiger partial charge in [-0.05, 0) is 57.1 Å². The molecule has 0 saturated carbocycles. The molecule has 2 aliphatic heterocycles. The normalized spacial score (nSPS) is 22.0. The Hall–Kier alpha value is -3.05. The van der Waals surface area contributed by atoms with Gasteiger partial charge in [0.2, 0.25) is 0 Å². The summed E-state index contributed by atoms with van der Waals surface area (Å²) in [7, 11) is 1.94. The Morgan fingerprint density at radius 3 is 2.77 bits per heavy atom. The maximum absolute atomic E-state index is 9.96. The highest BCUT2D eigenvalue weighted by molar-refractivity contribution is 5.91. The van der Waals surface area contributed by atoms with Crippen LogP contribution in [0.2, 0.25) is 0 Å². The zero-order chi connectivity index (χ0) is 21.5. The largest absolute Gasteiger partial charge is 0.381 e. The third-order valence-corrected chi connectivity index (χ3v) is 6.88. The van der Waals surface area contributed by atoms with Crippen LogP contribution in [0.3, 0.4) is 0 Å². The summed E-state index contributed by atoms with van der Waals surface area (Å²) in [6.07, 6.45) is 11.8. The predicted octanol–water partition coefficient (Wildman–Crippen LogP) is 3.03. The summed E-state index contributed by atoms with van der Waals surface area (Å²) in [6, 6.07) is 2.74. The molecule has 2 saturated heterocycles. The molecule has 0 bridgehead atoms. The number of rotatable bonds is 3. The first-order valence-corrected chi connectivity index (χ1v) is 11.3. The molecule has 5 heterocycles. The van der Waals surface area contributed by atoms with Crippen molar-refractivity contribution < 1.29 is 0 Å². The SMILES string of the molecule is CC1CCCCN1c1c(C2CCCNC2)c(-c2cnn(C)c2)cn2nc(N)c(C#N)c12. The maximum atomic E-state index is 9.96. The molecule has 31 heavy (non-hydrogen) atoms. The lowest BCUT2D eigenvalue weighted by Crippen LogP contribution is -2.39. The summed E-state index contributed by atoms with van der Waals surface area (Å²) in [4.78, 5) is 2.50. The molecule has 2 unspecified atom stereocenters. The molecule has 3 aromatic rings. The number of aryl methyl sites for hydroxylation is 1. The summed E-state index contributed by atoms with van der Waals surface area (Å²) < 4.78 is 3.66. The van der Waals surface area contributed by atoms with Crippen LogP contribution in [0, 0.1) is 11.3 Å². The van der Waals surface area contributed by atoms with E-state index in [0.29, 0.717) is 23.3 Å². The fraction of sp³-hybridized carbons (Fsp3) is 0.522. The fourth-order valence-electron chi connectivity index (χ4n) is 5.35. The molecule has 5 rings (SSSR count). The Morgan fingerprint density at radius 2 is 2.10 bits per heavy atom. The quantitative estimate of drug-likeness (QED) is 0.678. The highest BCUT2D eigenvalue weighted by atomic mass is 15.3. The average molecular weight is 419 g/mol. The molecule has 0 aliphatic carbocycles. The number of aromatic nitrogens is 4. The summed E-state index contributed by atoms with van der Waals surface area (Å²) in [5.74, 6) is 0.658. The van der Waals surface area contributed by atoms with E-state index in [1.54, 1.807) is 0 Å². The molecule has 3 N–H and O–H groups in total. The van der Waals surface area contributed by atoms with Crippen molar-refractivity contribution in [3.8, 4) is 17.2 Å². The monoisotopic (exact) mass is 418 g/mol. The van der Waals surface area contributed by atoms with Crippen LogP contribution in [0.25, 0.3) is 16.6 Å². The van der Waals surface area contributed by atoms with E-state index in [2.05, 4.69) is 39.6 Å². The van der Waals surface area contributed by atoms with E-state index in [1.807, 2.05) is 28.6 Å². The Bertz CT molecular complexity index is 1140. The predicted molar refractivity (Wildman–Crippen MR) is 122 cm³/mol. The van der Waals surface area contributed by atoms with E-state index >= 15 is 0 Å². The number of nitrogen functional groups attached to an aromatic ring is 1. The molecule has 0 spiro atoms. The van der Waals surface area contributed by atoms with Crippen LogP contribution < -0.4 is 16.0 Å². The first-order chi connectivity index (χ1) is 15.1. The van der Waals surface area contributed by atoms with E-state index < -0.39 is 0 Å². The minimum atomic E-state index is 0.296. The molecule has 0 aromatic carbocycles. The van der Waals surface area contributed by atoms with Crippen LogP contribution in [-0.4, -0.2) is 45.1 Å². The number of nitrogens with zero attached hydrogens (tertiary/aromatic N) is 6. The molecule has 8 nitrogen and oxygen atoms in total. The second-order valence-corrected chi connectivity index (χ2v) is 8.95. The first kappa shape index (κ1) is 19.9. The van der Waals surface area contributed by atoms with Gasteiger partial charge >= 0.3 is 0 Å². The number of nitrogens with two attached hydrogens (primary N) is 1. The lowest BCUT2D eigenvalue weighted by molar-refractivity contribution is 0.454. The Balaban J connectivity index is 1.87. The zero-order valence-electron chi connectivity index (χ0n) is 18.3. The van der Waals surface area contributed by atoms with Crippen molar-refractivity contribution in [2.45, 2.75) is 51.0 Å². The number of hydrogen-bond acceptors (Lipinski definition) is 6. The summed E-state index contributed by atoms with van der Waals surface area (Å²) in [5, 5.41) is 22.5. The van der Waals surface area contributed by atoms with Gasteiger partial charge in [-0.15, -0.1) is 5.10 Å². The third kappa shape index (κ3) is 3.33. The van der Waals surface area contributed by atoms with E-state index in [0.717, 1.165) is 67.6 Å². The van der Waals surface area contributed by atoms with Gasteiger partial charge in [-0.25, -0.2) is 4.52 Å².